The number of benzene rings is 2. The van der Waals surface area contributed by atoms with Crippen LogP contribution in [0.25, 0.3) is 33.3 Å². The molecule has 0 atom stereocenters. The summed E-state index contributed by atoms with van der Waals surface area (Å²) in [5.41, 5.74) is -0.402. The molecular weight excluding hydrogens is 512 g/mol. The molecule has 39 heavy (non-hydrogen) atoms. The second-order valence-electron chi connectivity index (χ2n) is 10.3. The molecule has 5 rings (SSSR count). The van der Waals surface area contributed by atoms with Gasteiger partial charge in [-0.15, -0.1) is 0 Å². The van der Waals surface area contributed by atoms with Crippen LogP contribution >= 0.6 is 0 Å². The van der Waals surface area contributed by atoms with Crippen molar-refractivity contribution in [3.8, 4) is 22.4 Å². The lowest BCUT2D eigenvalue weighted by molar-refractivity contribution is 0.0240. The van der Waals surface area contributed by atoms with Crippen molar-refractivity contribution in [3.63, 3.8) is 0 Å². The summed E-state index contributed by atoms with van der Waals surface area (Å²) in [5, 5.41) is 0.393. The number of hydrogen-bond donors (Lipinski definition) is 0. The standard InChI is InChI=1S/C29H26F4N4O2/c1-29(2,3)39-28(38)37-13-11-36(12-14-37)24-16-20(18-8-7-17(30)15-23(18)33)19-9-10-34-27(26(19)35-24)25-21(31)5-4-6-22(25)32/h4-10,15-16H,11-14H2,1-3H3. The highest BCUT2D eigenvalue weighted by Gasteiger charge is 2.28. The lowest BCUT2D eigenvalue weighted by Gasteiger charge is -2.36. The summed E-state index contributed by atoms with van der Waals surface area (Å²) in [7, 11) is 0. The summed E-state index contributed by atoms with van der Waals surface area (Å²) in [5.74, 6) is -2.76. The minimum atomic E-state index is -0.817. The first-order chi connectivity index (χ1) is 18.5. The largest absolute Gasteiger partial charge is 0.444 e. The molecule has 0 spiro atoms. The lowest BCUT2D eigenvalue weighted by Crippen LogP contribution is -2.50. The number of carbonyl (C=O) groups is 1. The predicted molar refractivity (Wildman–Crippen MR) is 140 cm³/mol. The number of carbonyl (C=O) groups excluding carboxylic acids is 1. The molecule has 1 aliphatic rings. The third-order valence-corrected chi connectivity index (χ3v) is 6.39. The van der Waals surface area contributed by atoms with Gasteiger partial charge in [-0.3, -0.25) is 4.98 Å². The molecule has 1 saturated heterocycles. The Labute approximate surface area is 222 Å². The molecule has 0 saturated carbocycles. The first-order valence-corrected chi connectivity index (χ1v) is 12.4. The zero-order valence-electron chi connectivity index (χ0n) is 21.6. The normalized spacial score (nSPS) is 14.1. The number of amides is 1. The number of rotatable bonds is 3. The van der Waals surface area contributed by atoms with E-state index in [1.165, 1.54) is 18.3 Å². The van der Waals surface area contributed by atoms with Crippen LogP contribution in [0, 0.1) is 23.3 Å². The molecule has 0 bridgehead atoms. The van der Waals surface area contributed by atoms with Crippen LogP contribution in [0.15, 0.2) is 54.7 Å². The number of piperazine rings is 1. The number of nitrogens with zero attached hydrogens (tertiary/aromatic N) is 4. The minimum Gasteiger partial charge on any atom is -0.444 e. The van der Waals surface area contributed by atoms with Gasteiger partial charge in [0.05, 0.1) is 11.1 Å². The van der Waals surface area contributed by atoms with E-state index in [2.05, 4.69) is 4.98 Å². The van der Waals surface area contributed by atoms with Gasteiger partial charge in [-0.25, -0.2) is 27.3 Å². The molecule has 1 fully saturated rings. The van der Waals surface area contributed by atoms with Gasteiger partial charge in [0.25, 0.3) is 0 Å². The lowest BCUT2D eigenvalue weighted by atomic mass is 9.98. The van der Waals surface area contributed by atoms with Crippen molar-refractivity contribution in [2.24, 2.45) is 0 Å². The van der Waals surface area contributed by atoms with Crippen molar-refractivity contribution < 1.29 is 27.1 Å². The van der Waals surface area contributed by atoms with Crippen LogP contribution in [0.2, 0.25) is 0 Å². The molecule has 2 aromatic carbocycles. The van der Waals surface area contributed by atoms with E-state index in [1.807, 2.05) is 4.90 Å². The van der Waals surface area contributed by atoms with Crippen LogP contribution in [0.1, 0.15) is 20.8 Å². The number of pyridine rings is 2. The monoisotopic (exact) mass is 538 g/mol. The Bertz CT molecular complexity index is 1540. The Morgan fingerprint density at radius 2 is 1.56 bits per heavy atom. The van der Waals surface area contributed by atoms with Crippen LogP contribution in [0.5, 0.6) is 0 Å². The van der Waals surface area contributed by atoms with E-state index in [-0.39, 0.29) is 22.3 Å². The number of fused-ring (bicyclic) bond motifs is 1. The topological polar surface area (TPSA) is 58.6 Å². The maximum Gasteiger partial charge on any atom is 0.410 e. The molecule has 0 N–H and O–H groups in total. The smallest absolute Gasteiger partial charge is 0.410 e. The molecule has 1 amide bonds. The molecule has 3 heterocycles. The Morgan fingerprint density at radius 3 is 2.21 bits per heavy atom. The summed E-state index contributed by atoms with van der Waals surface area (Å²) in [6.07, 6.45) is 0.944. The summed E-state index contributed by atoms with van der Waals surface area (Å²) in [6.45, 7) is 6.83. The predicted octanol–water partition coefficient (Wildman–Crippen LogP) is 6.58. The fourth-order valence-corrected chi connectivity index (χ4v) is 4.58. The first-order valence-electron chi connectivity index (χ1n) is 12.4. The van der Waals surface area contributed by atoms with Gasteiger partial charge < -0.3 is 14.5 Å². The number of ether oxygens (including phenoxy) is 1. The molecule has 1 aliphatic heterocycles. The zero-order valence-corrected chi connectivity index (χ0v) is 21.6. The number of hydrogen-bond acceptors (Lipinski definition) is 5. The fraction of sp³-hybridized carbons (Fsp3) is 0.276. The van der Waals surface area contributed by atoms with Crippen molar-refractivity contribution in [1.82, 2.24) is 14.9 Å². The maximum atomic E-state index is 15.0. The second-order valence-corrected chi connectivity index (χ2v) is 10.3. The van der Waals surface area contributed by atoms with E-state index < -0.39 is 35.0 Å². The third-order valence-electron chi connectivity index (χ3n) is 6.39. The van der Waals surface area contributed by atoms with Gasteiger partial charge >= 0.3 is 6.09 Å². The SMILES string of the molecule is CC(C)(C)OC(=O)N1CCN(c2cc(-c3ccc(F)cc3F)c3ccnc(-c4c(F)cccc4F)c3n2)CC1. The molecule has 6 nitrogen and oxygen atoms in total. The molecular formula is C29H26F4N4O2. The van der Waals surface area contributed by atoms with Gasteiger partial charge in [0, 0.05) is 49.4 Å². The van der Waals surface area contributed by atoms with Gasteiger partial charge in [-0.2, -0.15) is 0 Å². The molecule has 202 valence electrons. The Kier molecular flexibility index (Phi) is 6.88. The van der Waals surface area contributed by atoms with Gasteiger partial charge in [0.1, 0.15) is 40.4 Å². The third kappa shape index (κ3) is 5.36. The fourth-order valence-electron chi connectivity index (χ4n) is 4.58. The molecule has 0 aliphatic carbocycles. The Morgan fingerprint density at radius 1 is 0.872 bits per heavy atom. The molecule has 0 radical (unpaired) electrons. The van der Waals surface area contributed by atoms with Crippen molar-refractivity contribution in [2.45, 2.75) is 26.4 Å². The summed E-state index contributed by atoms with van der Waals surface area (Å²) in [4.78, 5) is 25.0. The van der Waals surface area contributed by atoms with Crippen molar-refractivity contribution in [3.05, 3.63) is 78.0 Å². The van der Waals surface area contributed by atoms with Crippen molar-refractivity contribution in [1.29, 1.82) is 0 Å². The summed E-state index contributed by atoms with van der Waals surface area (Å²) in [6, 6.07) is 9.96. The highest BCUT2D eigenvalue weighted by molar-refractivity contribution is 6.02. The average molecular weight is 539 g/mol. The van der Waals surface area contributed by atoms with Gasteiger partial charge in [0.15, 0.2) is 0 Å². The Hall–Kier alpha value is -4.21. The highest BCUT2D eigenvalue weighted by Crippen LogP contribution is 2.38. The minimum absolute atomic E-state index is 0.0406. The van der Waals surface area contributed by atoms with Crippen LogP contribution in [0.4, 0.5) is 28.2 Å². The maximum absolute atomic E-state index is 15.0. The van der Waals surface area contributed by atoms with Gasteiger partial charge in [-0.05, 0) is 62.7 Å². The first kappa shape index (κ1) is 26.4. The number of anilines is 1. The van der Waals surface area contributed by atoms with Crippen LogP contribution < -0.4 is 4.90 Å². The average Bonchev–Trinajstić information content (AvgIpc) is 2.87. The van der Waals surface area contributed by atoms with Crippen molar-refractivity contribution in [2.75, 3.05) is 31.1 Å². The Balaban J connectivity index is 1.62. The van der Waals surface area contributed by atoms with Crippen LogP contribution in [-0.4, -0.2) is 52.7 Å². The zero-order chi connectivity index (χ0) is 27.9. The second kappa shape index (κ2) is 10.2. The van der Waals surface area contributed by atoms with Crippen LogP contribution in [0.3, 0.4) is 0 Å². The van der Waals surface area contributed by atoms with E-state index >= 15 is 0 Å². The van der Waals surface area contributed by atoms with E-state index in [9.17, 15) is 22.4 Å². The van der Waals surface area contributed by atoms with E-state index in [4.69, 9.17) is 9.72 Å². The van der Waals surface area contributed by atoms with Crippen LogP contribution in [-0.2, 0) is 4.74 Å². The highest BCUT2D eigenvalue weighted by atomic mass is 19.1. The van der Waals surface area contributed by atoms with Crippen molar-refractivity contribution >= 4 is 22.8 Å². The quantitative estimate of drug-likeness (QED) is 0.276. The number of halogens is 4. The van der Waals surface area contributed by atoms with Gasteiger partial charge in [0.2, 0.25) is 0 Å². The number of aromatic nitrogens is 2. The van der Waals surface area contributed by atoms with Gasteiger partial charge in [-0.1, -0.05) is 6.07 Å². The summed E-state index contributed by atoms with van der Waals surface area (Å²) < 4.78 is 63.8. The van der Waals surface area contributed by atoms with E-state index in [0.717, 1.165) is 24.3 Å². The van der Waals surface area contributed by atoms with E-state index in [1.54, 1.807) is 37.8 Å². The van der Waals surface area contributed by atoms with E-state index in [0.29, 0.717) is 42.9 Å². The molecule has 4 aromatic rings. The molecule has 0 unspecified atom stereocenters. The molecule has 2 aromatic heterocycles. The molecule has 10 heteroatoms. The summed E-state index contributed by atoms with van der Waals surface area (Å²) >= 11 is 0.